The molecule has 3 aromatic carbocycles. The summed E-state index contributed by atoms with van der Waals surface area (Å²) < 4.78 is 6.15. The number of likely N-dealkylation sites (tertiary alicyclic amines) is 1. The van der Waals surface area contributed by atoms with Crippen LogP contribution in [0.5, 0.6) is 5.75 Å². The van der Waals surface area contributed by atoms with Crippen LogP contribution in [0.1, 0.15) is 30.4 Å². The van der Waals surface area contributed by atoms with Crippen molar-refractivity contribution in [2.75, 3.05) is 24.5 Å². The van der Waals surface area contributed by atoms with Gasteiger partial charge in [-0.3, -0.25) is 19.9 Å². The average Bonchev–Trinajstić information content (AvgIpc) is 2.91. The summed E-state index contributed by atoms with van der Waals surface area (Å²) in [7, 11) is 0. The predicted molar refractivity (Wildman–Crippen MR) is 160 cm³/mol. The molecular formula is C28H34Cl2N6O3. The van der Waals surface area contributed by atoms with E-state index in [0.717, 1.165) is 55.2 Å². The molecule has 6 N–H and O–H groups in total. The molecule has 0 aromatic heterocycles. The summed E-state index contributed by atoms with van der Waals surface area (Å²) in [5.74, 6) is -1.15. The predicted octanol–water partition coefficient (Wildman–Crippen LogP) is 3.87. The van der Waals surface area contributed by atoms with Crippen LogP contribution in [0.4, 0.5) is 5.69 Å². The molecule has 0 radical (unpaired) electrons. The van der Waals surface area contributed by atoms with Gasteiger partial charge >= 0.3 is 11.8 Å². The van der Waals surface area contributed by atoms with E-state index in [-0.39, 0.29) is 43.3 Å². The molecular weight excluding hydrogens is 539 g/mol. The van der Waals surface area contributed by atoms with Crippen molar-refractivity contribution in [1.82, 2.24) is 4.90 Å². The molecule has 1 saturated heterocycles. The summed E-state index contributed by atoms with van der Waals surface area (Å²) in [6, 6.07) is 18.3. The van der Waals surface area contributed by atoms with Gasteiger partial charge in [-0.2, -0.15) is 0 Å². The molecule has 0 atom stereocenters. The maximum Gasteiger partial charge on any atom is 0.316 e. The lowest BCUT2D eigenvalue weighted by atomic mass is 10.0. The third kappa shape index (κ3) is 8.16. The smallest absolute Gasteiger partial charge is 0.316 e. The Morgan fingerprint density at radius 3 is 2.26 bits per heavy atom. The van der Waals surface area contributed by atoms with Gasteiger partial charge in [-0.25, -0.2) is 0 Å². The molecule has 9 nitrogen and oxygen atoms in total. The van der Waals surface area contributed by atoms with Gasteiger partial charge in [-0.15, -0.1) is 24.8 Å². The maximum absolute atomic E-state index is 12.7. The molecule has 0 aliphatic carbocycles. The molecule has 0 unspecified atom stereocenters. The number of halogens is 2. The van der Waals surface area contributed by atoms with Crippen LogP contribution in [0.2, 0.25) is 0 Å². The van der Waals surface area contributed by atoms with Gasteiger partial charge in [0, 0.05) is 30.9 Å². The highest BCUT2D eigenvalue weighted by Gasteiger charge is 2.23. The Labute approximate surface area is 240 Å². The van der Waals surface area contributed by atoms with Crippen molar-refractivity contribution in [2.45, 2.75) is 31.9 Å². The zero-order valence-electron chi connectivity index (χ0n) is 21.5. The number of primary amides is 1. The minimum atomic E-state index is -1.03. The molecule has 0 spiro atoms. The van der Waals surface area contributed by atoms with Crippen molar-refractivity contribution in [1.29, 1.82) is 10.8 Å². The maximum atomic E-state index is 12.7. The van der Waals surface area contributed by atoms with E-state index in [1.54, 1.807) is 30.3 Å². The van der Waals surface area contributed by atoms with Gasteiger partial charge in [-0.05, 0) is 78.2 Å². The number of hydrogen-bond donors (Lipinski definition) is 4. The fourth-order valence-electron chi connectivity index (χ4n) is 4.55. The number of benzene rings is 3. The summed E-state index contributed by atoms with van der Waals surface area (Å²) in [5.41, 5.74) is 12.9. The number of piperidine rings is 1. The number of carbonyl (C=O) groups excluding carboxylic acids is 2. The fourth-order valence-corrected chi connectivity index (χ4v) is 4.55. The third-order valence-corrected chi connectivity index (χ3v) is 6.59. The first-order valence-corrected chi connectivity index (χ1v) is 12.3. The topological polar surface area (TPSA) is 150 Å². The van der Waals surface area contributed by atoms with Gasteiger partial charge in [0.2, 0.25) is 0 Å². The standard InChI is InChI=1S/C28H32N6O3.2ClH/c29-12-1-13-33-14-10-25(11-15-33)37-24-8-6-23(7-9-24)34(28(36)27(32)35)18-19-2-3-20-4-5-21(26(30)31)17-22(20)16-19;;/h2-9,12,16-17,25,29H,1,10-11,13-15,18H2,(H3,30,31)(H2,32,35);2*1H. The van der Waals surface area contributed by atoms with E-state index in [1.807, 2.05) is 30.3 Å². The lowest BCUT2D eigenvalue weighted by molar-refractivity contribution is -0.135. The Hall–Kier alpha value is -3.66. The number of nitrogens with one attached hydrogen (secondary N) is 2. The highest BCUT2D eigenvalue weighted by molar-refractivity contribution is 6.39. The highest BCUT2D eigenvalue weighted by Crippen LogP contribution is 2.26. The molecule has 0 saturated carbocycles. The molecule has 1 aliphatic rings. The van der Waals surface area contributed by atoms with E-state index in [2.05, 4.69) is 4.90 Å². The minimum Gasteiger partial charge on any atom is -0.490 e. The van der Waals surface area contributed by atoms with Crippen LogP contribution in [-0.2, 0) is 16.1 Å². The van der Waals surface area contributed by atoms with E-state index in [1.165, 1.54) is 11.1 Å². The van der Waals surface area contributed by atoms with Crippen LogP contribution in [0.3, 0.4) is 0 Å². The number of nitrogens with two attached hydrogens (primary N) is 2. The van der Waals surface area contributed by atoms with Crippen molar-refractivity contribution < 1.29 is 14.3 Å². The first-order valence-electron chi connectivity index (χ1n) is 12.3. The number of hydrogen-bond acceptors (Lipinski definition) is 6. The molecule has 11 heteroatoms. The molecule has 4 rings (SSSR count). The summed E-state index contributed by atoms with van der Waals surface area (Å²) in [6.07, 6.45) is 4.16. The van der Waals surface area contributed by atoms with E-state index in [4.69, 9.17) is 27.0 Å². The van der Waals surface area contributed by atoms with Crippen molar-refractivity contribution >= 4 is 65.1 Å². The zero-order chi connectivity index (χ0) is 26.4. The van der Waals surface area contributed by atoms with Gasteiger partial charge in [-0.1, -0.05) is 24.3 Å². The first kappa shape index (κ1) is 31.6. The number of fused-ring (bicyclic) bond motifs is 1. The van der Waals surface area contributed by atoms with E-state index in [0.29, 0.717) is 17.0 Å². The highest BCUT2D eigenvalue weighted by atomic mass is 35.5. The summed E-state index contributed by atoms with van der Waals surface area (Å²) in [5, 5.41) is 16.7. The fraction of sp³-hybridized carbons (Fsp3) is 0.286. The van der Waals surface area contributed by atoms with Gasteiger partial charge in [0.15, 0.2) is 0 Å². The quantitative estimate of drug-likeness (QED) is 0.174. The third-order valence-electron chi connectivity index (χ3n) is 6.59. The minimum absolute atomic E-state index is 0. The normalized spacial score (nSPS) is 13.5. The number of nitrogens with zero attached hydrogens (tertiary/aromatic N) is 2. The van der Waals surface area contributed by atoms with Crippen LogP contribution >= 0.6 is 24.8 Å². The second-order valence-electron chi connectivity index (χ2n) is 9.21. The molecule has 0 bridgehead atoms. The van der Waals surface area contributed by atoms with Crippen LogP contribution < -0.4 is 21.1 Å². The SMILES string of the molecule is Cl.Cl.N=CCCN1CCC(Oc2ccc(N(Cc3ccc4ccc(C(=N)N)cc4c3)C(=O)C(N)=O)cc2)CC1. The Kier molecular flexibility index (Phi) is 11.7. The van der Waals surface area contributed by atoms with Crippen LogP contribution in [0.25, 0.3) is 10.8 Å². The summed E-state index contributed by atoms with van der Waals surface area (Å²) >= 11 is 0. The molecule has 39 heavy (non-hydrogen) atoms. The van der Waals surface area contributed by atoms with Gasteiger partial charge in [0.05, 0.1) is 6.54 Å². The second-order valence-corrected chi connectivity index (χ2v) is 9.21. The van der Waals surface area contributed by atoms with Gasteiger partial charge in [0.25, 0.3) is 0 Å². The number of carbonyl (C=O) groups is 2. The number of anilines is 1. The van der Waals surface area contributed by atoms with Crippen molar-refractivity contribution in [3.63, 3.8) is 0 Å². The number of amidine groups is 1. The van der Waals surface area contributed by atoms with Gasteiger partial charge < -0.3 is 26.5 Å². The molecule has 1 aliphatic heterocycles. The molecule has 208 valence electrons. The summed E-state index contributed by atoms with van der Waals surface area (Å²) in [4.78, 5) is 28.2. The van der Waals surface area contributed by atoms with E-state index < -0.39 is 11.8 Å². The second kappa shape index (κ2) is 14.5. The molecule has 2 amide bonds. The van der Waals surface area contributed by atoms with Crippen LogP contribution in [0.15, 0.2) is 60.7 Å². The van der Waals surface area contributed by atoms with Crippen molar-refractivity contribution in [2.24, 2.45) is 11.5 Å². The van der Waals surface area contributed by atoms with Gasteiger partial charge in [0.1, 0.15) is 17.7 Å². The number of ether oxygens (including phenoxy) is 1. The first-order chi connectivity index (χ1) is 17.8. The number of nitrogen functional groups attached to an aromatic ring is 1. The largest absolute Gasteiger partial charge is 0.490 e. The Morgan fingerprint density at radius 1 is 0.974 bits per heavy atom. The van der Waals surface area contributed by atoms with Crippen LogP contribution in [-0.4, -0.2) is 54.5 Å². The molecule has 3 aromatic rings. The number of rotatable bonds is 9. The van der Waals surface area contributed by atoms with Crippen molar-refractivity contribution in [3.05, 3.63) is 71.8 Å². The lowest BCUT2D eigenvalue weighted by Gasteiger charge is -2.32. The Bertz CT molecular complexity index is 1310. The Balaban J connectivity index is 0.00000267. The van der Waals surface area contributed by atoms with Crippen LogP contribution in [0, 0.1) is 10.8 Å². The molecule has 1 fully saturated rings. The Morgan fingerprint density at radius 2 is 1.64 bits per heavy atom. The zero-order valence-corrected chi connectivity index (χ0v) is 23.1. The number of amides is 2. The molecule has 1 heterocycles. The van der Waals surface area contributed by atoms with E-state index >= 15 is 0 Å². The van der Waals surface area contributed by atoms with E-state index in [9.17, 15) is 9.59 Å². The van der Waals surface area contributed by atoms with Crippen molar-refractivity contribution in [3.8, 4) is 5.75 Å². The average molecular weight is 574 g/mol. The monoisotopic (exact) mass is 572 g/mol. The lowest BCUT2D eigenvalue weighted by Crippen LogP contribution is -2.40. The summed E-state index contributed by atoms with van der Waals surface area (Å²) in [6.45, 7) is 2.94.